The molecule has 0 spiro atoms. The van der Waals surface area contributed by atoms with Crippen LogP contribution in [0.2, 0.25) is 0 Å². The summed E-state index contributed by atoms with van der Waals surface area (Å²) in [5.41, 5.74) is 1.97. The van der Waals surface area contributed by atoms with Crippen LogP contribution in [0.5, 0.6) is 0 Å². The van der Waals surface area contributed by atoms with Gasteiger partial charge in [-0.2, -0.15) is 4.98 Å². The molecule has 1 N–H and O–H groups in total. The lowest BCUT2D eigenvalue weighted by Crippen LogP contribution is -2.22. The van der Waals surface area contributed by atoms with Gasteiger partial charge in [-0.25, -0.2) is 0 Å². The van der Waals surface area contributed by atoms with E-state index in [4.69, 9.17) is 4.52 Å². The number of amides is 1. The van der Waals surface area contributed by atoms with Gasteiger partial charge in [0.25, 0.3) is 0 Å². The minimum atomic E-state index is -0.0340. The Balaban J connectivity index is 1.49. The zero-order valence-electron chi connectivity index (χ0n) is 12.6. The van der Waals surface area contributed by atoms with E-state index in [1.54, 1.807) is 0 Å². The van der Waals surface area contributed by atoms with E-state index in [0.717, 1.165) is 11.1 Å². The molecule has 3 rings (SSSR count). The summed E-state index contributed by atoms with van der Waals surface area (Å²) < 4.78 is 5.19. The maximum atomic E-state index is 11.9. The number of nitrogens with zero attached hydrogens (tertiary/aromatic N) is 2. The summed E-state index contributed by atoms with van der Waals surface area (Å²) in [7, 11) is 0. The van der Waals surface area contributed by atoms with E-state index in [-0.39, 0.29) is 5.91 Å². The van der Waals surface area contributed by atoms with Crippen molar-refractivity contribution < 1.29 is 9.32 Å². The highest BCUT2D eigenvalue weighted by molar-refractivity contribution is 5.76. The maximum absolute atomic E-state index is 11.9. The minimum absolute atomic E-state index is 0.0340. The predicted octanol–water partition coefficient (Wildman–Crippen LogP) is 2.99. The van der Waals surface area contributed by atoms with Crippen LogP contribution in [0, 0.1) is 0 Å². The molecule has 0 aliphatic carbocycles. The van der Waals surface area contributed by atoms with Crippen molar-refractivity contribution >= 4 is 5.91 Å². The van der Waals surface area contributed by atoms with Gasteiger partial charge in [-0.3, -0.25) is 4.79 Å². The normalized spacial score (nSPS) is 10.4. The molecule has 0 saturated carbocycles. The van der Waals surface area contributed by atoms with Crippen LogP contribution in [0.15, 0.2) is 65.2 Å². The first kappa shape index (κ1) is 15.0. The van der Waals surface area contributed by atoms with Crippen molar-refractivity contribution in [3.63, 3.8) is 0 Å². The van der Waals surface area contributed by atoms with Crippen molar-refractivity contribution in [2.45, 2.75) is 19.4 Å². The molecule has 1 aromatic heterocycles. The van der Waals surface area contributed by atoms with Gasteiger partial charge in [0.05, 0.1) is 0 Å². The van der Waals surface area contributed by atoms with E-state index < -0.39 is 0 Å². The highest BCUT2D eigenvalue weighted by atomic mass is 16.5. The molecular formula is C18H17N3O2. The smallest absolute Gasteiger partial charge is 0.227 e. The third kappa shape index (κ3) is 4.26. The van der Waals surface area contributed by atoms with Crippen LogP contribution in [-0.2, 0) is 17.8 Å². The highest BCUT2D eigenvalue weighted by Gasteiger charge is 2.10. The predicted molar refractivity (Wildman–Crippen MR) is 86.3 cm³/mol. The van der Waals surface area contributed by atoms with Gasteiger partial charge in [-0.15, -0.1) is 0 Å². The van der Waals surface area contributed by atoms with Crippen molar-refractivity contribution in [3.8, 4) is 11.4 Å². The Labute approximate surface area is 134 Å². The lowest BCUT2D eigenvalue weighted by atomic mass is 10.2. The molecule has 0 fully saturated rings. The van der Waals surface area contributed by atoms with Gasteiger partial charge in [0.1, 0.15) is 0 Å². The molecule has 5 heteroatoms. The second kappa shape index (κ2) is 7.35. The number of rotatable bonds is 6. The van der Waals surface area contributed by atoms with Crippen LogP contribution in [-0.4, -0.2) is 16.0 Å². The maximum Gasteiger partial charge on any atom is 0.227 e. The standard InChI is InChI=1S/C18H17N3O2/c22-16(19-13-14-7-3-1-4-8-14)11-12-17-20-18(21-23-17)15-9-5-2-6-10-15/h1-10H,11-13H2,(H,19,22). The second-order valence-electron chi connectivity index (χ2n) is 5.14. The summed E-state index contributed by atoms with van der Waals surface area (Å²) in [6.45, 7) is 0.527. The molecule has 0 atom stereocenters. The Morgan fingerprint density at radius 3 is 2.43 bits per heavy atom. The number of nitrogens with one attached hydrogen (secondary N) is 1. The Morgan fingerprint density at radius 1 is 1.00 bits per heavy atom. The first-order valence-electron chi connectivity index (χ1n) is 7.50. The van der Waals surface area contributed by atoms with E-state index in [1.807, 2.05) is 60.7 Å². The van der Waals surface area contributed by atoms with Crippen molar-refractivity contribution in [2.75, 3.05) is 0 Å². The fourth-order valence-electron chi connectivity index (χ4n) is 2.17. The monoisotopic (exact) mass is 307 g/mol. The van der Waals surface area contributed by atoms with Crippen molar-refractivity contribution in [3.05, 3.63) is 72.1 Å². The fraction of sp³-hybridized carbons (Fsp3) is 0.167. The van der Waals surface area contributed by atoms with E-state index in [9.17, 15) is 4.79 Å². The number of hydrogen-bond acceptors (Lipinski definition) is 4. The van der Waals surface area contributed by atoms with Crippen LogP contribution in [0.4, 0.5) is 0 Å². The fourth-order valence-corrected chi connectivity index (χ4v) is 2.17. The molecule has 0 unspecified atom stereocenters. The van der Waals surface area contributed by atoms with Gasteiger partial charge in [0.15, 0.2) is 0 Å². The molecule has 1 heterocycles. The highest BCUT2D eigenvalue weighted by Crippen LogP contribution is 2.15. The second-order valence-corrected chi connectivity index (χ2v) is 5.14. The van der Waals surface area contributed by atoms with Gasteiger partial charge >= 0.3 is 0 Å². The lowest BCUT2D eigenvalue weighted by Gasteiger charge is -2.03. The summed E-state index contributed by atoms with van der Waals surface area (Å²) in [6, 6.07) is 19.4. The third-order valence-electron chi connectivity index (χ3n) is 3.40. The Morgan fingerprint density at radius 2 is 1.70 bits per heavy atom. The quantitative estimate of drug-likeness (QED) is 0.760. The molecular weight excluding hydrogens is 290 g/mol. The first-order chi connectivity index (χ1) is 11.3. The van der Waals surface area contributed by atoms with Crippen molar-refractivity contribution in [1.29, 1.82) is 0 Å². The summed E-state index contributed by atoms with van der Waals surface area (Å²) in [5, 5.41) is 6.82. The summed E-state index contributed by atoms with van der Waals surface area (Å²) in [5.74, 6) is 0.984. The van der Waals surface area contributed by atoms with Crippen molar-refractivity contribution in [2.24, 2.45) is 0 Å². The van der Waals surface area contributed by atoms with Crippen LogP contribution in [0.1, 0.15) is 17.9 Å². The Hall–Kier alpha value is -2.95. The van der Waals surface area contributed by atoms with E-state index >= 15 is 0 Å². The number of benzene rings is 2. The minimum Gasteiger partial charge on any atom is -0.352 e. The molecule has 3 aromatic rings. The third-order valence-corrected chi connectivity index (χ3v) is 3.40. The zero-order chi connectivity index (χ0) is 15.9. The number of hydrogen-bond donors (Lipinski definition) is 1. The van der Waals surface area contributed by atoms with Gasteiger partial charge < -0.3 is 9.84 Å². The van der Waals surface area contributed by atoms with Crippen LogP contribution < -0.4 is 5.32 Å². The van der Waals surface area contributed by atoms with Gasteiger partial charge in [-0.05, 0) is 5.56 Å². The molecule has 0 bridgehead atoms. The molecule has 0 radical (unpaired) electrons. The van der Waals surface area contributed by atoms with Gasteiger partial charge in [0.2, 0.25) is 17.6 Å². The average molecular weight is 307 g/mol. The number of aromatic nitrogens is 2. The van der Waals surface area contributed by atoms with Crippen LogP contribution in [0.25, 0.3) is 11.4 Å². The van der Waals surface area contributed by atoms with Crippen LogP contribution >= 0.6 is 0 Å². The largest absolute Gasteiger partial charge is 0.352 e. The molecule has 23 heavy (non-hydrogen) atoms. The molecule has 0 aliphatic rings. The number of aryl methyl sites for hydroxylation is 1. The lowest BCUT2D eigenvalue weighted by molar-refractivity contribution is -0.121. The van der Waals surface area contributed by atoms with E-state index in [0.29, 0.717) is 31.1 Å². The SMILES string of the molecule is O=C(CCc1nc(-c2ccccc2)no1)NCc1ccccc1. The van der Waals surface area contributed by atoms with E-state index in [1.165, 1.54) is 0 Å². The summed E-state index contributed by atoms with van der Waals surface area (Å²) in [4.78, 5) is 16.2. The first-order valence-corrected chi connectivity index (χ1v) is 7.50. The summed E-state index contributed by atoms with van der Waals surface area (Å²) in [6.07, 6.45) is 0.754. The summed E-state index contributed by atoms with van der Waals surface area (Å²) >= 11 is 0. The number of carbonyl (C=O) groups is 1. The Bertz CT molecular complexity index is 754. The van der Waals surface area contributed by atoms with Gasteiger partial charge in [0, 0.05) is 24.9 Å². The topological polar surface area (TPSA) is 68.0 Å². The molecule has 116 valence electrons. The Kier molecular flexibility index (Phi) is 4.79. The molecule has 2 aromatic carbocycles. The number of carbonyl (C=O) groups excluding carboxylic acids is 1. The molecule has 0 saturated heterocycles. The van der Waals surface area contributed by atoms with E-state index in [2.05, 4.69) is 15.5 Å². The zero-order valence-corrected chi connectivity index (χ0v) is 12.6. The molecule has 0 aliphatic heterocycles. The molecule has 5 nitrogen and oxygen atoms in total. The van der Waals surface area contributed by atoms with Crippen molar-refractivity contribution in [1.82, 2.24) is 15.5 Å². The average Bonchev–Trinajstić information content (AvgIpc) is 3.09. The van der Waals surface area contributed by atoms with Crippen LogP contribution in [0.3, 0.4) is 0 Å². The van der Waals surface area contributed by atoms with Gasteiger partial charge in [-0.1, -0.05) is 65.8 Å². The molecule has 1 amide bonds.